The molecule has 1 aliphatic heterocycles. The highest BCUT2D eigenvalue weighted by Crippen LogP contribution is 2.15. The maximum Gasteiger partial charge on any atom is 0.410 e. The van der Waals surface area contributed by atoms with E-state index >= 15 is 0 Å². The van der Waals surface area contributed by atoms with Gasteiger partial charge in [-0.05, 0) is 40.0 Å². The molecule has 1 amide bonds. The topological polar surface area (TPSA) is 41.6 Å². The average Bonchev–Trinajstić information content (AvgIpc) is 2.62. The summed E-state index contributed by atoms with van der Waals surface area (Å²) in [7, 11) is 0. The lowest BCUT2D eigenvalue weighted by atomic mass is 10.1. The van der Waals surface area contributed by atoms with Crippen LogP contribution >= 0.6 is 11.8 Å². The third-order valence-electron chi connectivity index (χ3n) is 3.24. The lowest BCUT2D eigenvalue weighted by Crippen LogP contribution is -2.38. The fourth-order valence-corrected chi connectivity index (χ4v) is 2.80. The summed E-state index contributed by atoms with van der Waals surface area (Å²) in [6.07, 6.45) is 8.15. The Morgan fingerprint density at radius 2 is 2.19 bits per heavy atom. The van der Waals surface area contributed by atoms with Crippen molar-refractivity contribution in [3.63, 3.8) is 0 Å². The molecule has 21 heavy (non-hydrogen) atoms. The van der Waals surface area contributed by atoms with E-state index in [1.807, 2.05) is 25.7 Å². The van der Waals surface area contributed by atoms with Crippen LogP contribution in [0.3, 0.4) is 0 Å². The molecule has 1 heterocycles. The van der Waals surface area contributed by atoms with Gasteiger partial charge in [-0.2, -0.15) is 0 Å². The minimum absolute atomic E-state index is 0.187. The van der Waals surface area contributed by atoms with Crippen molar-refractivity contribution in [2.45, 2.75) is 51.7 Å². The number of hydrogen-bond acceptors (Lipinski definition) is 4. The molecule has 1 saturated heterocycles. The number of thioether (sulfide) groups is 1. The summed E-state index contributed by atoms with van der Waals surface area (Å²) >= 11 is 1.78. The summed E-state index contributed by atoms with van der Waals surface area (Å²) < 4.78 is 5.44. The summed E-state index contributed by atoms with van der Waals surface area (Å²) in [5.74, 6) is 4.44. The molecule has 0 aliphatic carbocycles. The first kappa shape index (κ1) is 18.2. The highest BCUT2D eigenvalue weighted by molar-refractivity contribution is 7.99. The Bertz CT molecular complexity index is 360. The van der Waals surface area contributed by atoms with Crippen molar-refractivity contribution >= 4 is 17.9 Å². The zero-order chi connectivity index (χ0) is 15.7. The van der Waals surface area contributed by atoms with Gasteiger partial charge in [-0.3, -0.25) is 0 Å². The second-order valence-electron chi connectivity index (χ2n) is 6.31. The summed E-state index contributed by atoms with van der Waals surface area (Å²) in [4.78, 5) is 13.9. The van der Waals surface area contributed by atoms with Gasteiger partial charge in [-0.25, -0.2) is 4.79 Å². The fourth-order valence-electron chi connectivity index (χ4n) is 2.28. The molecule has 1 aliphatic rings. The SMILES string of the molecule is C#CCSCCNC1CCCN(C(=O)OC(C)(C)C)CC1. The number of hydrogen-bond donors (Lipinski definition) is 1. The number of carbonyl (C=O) groups excluding carboxylic acids is 1. The van der Waals surface area contributed by atoms with Crippen LogP contribution in [0.25, 0.3) is 0 Å². The van der Waals surface area contributed by atoms with E-state index in [0.29, 0.717) is 6.04 Å². The molecule has 1 atom stereocenters. The largest absolute Gasteiger partial charge is 0.444 e. The van der Waals surface area contributed by atoms with E-state index in [2.05, 4.69) is 11.2 Å². The summed E-state index contributed by atoms with van der Waals surface area (Å²) in [5, 5.41) is 3.56. The number of nitrogens with one attached hydrogen (secondary N) is 1. The first-order valence-electron chi connectivity index (χ1n) is 7.65. The third-order valence-corrected chi connectivity index (χ3v) is 4.11. The van der Waals surface area contributed by atoms with Gasteiger partial charge in [-0.15, -0.1) is 18.2 Å². The number of ether oxygens (including phenoxy) is 1. The number of nitrogens with zero attached hydrogens (tertiary/aromatic N) is 1. The first-order valence-corrected chi connectivity index (χ1v) is 8.80. The summed E-state index contributed by atoms with van der Waals surface area (Å²) in [6, 6.07) is 0.490. The van der Waals surface area contributed by atoms with Crippen LogP contribution in [0.15, 0.2) is 0 Å². The second-order valence-corrected chi connectivity index (χ2v) is 7.41. The Kier molecular flexibility index (Phi) is 7.98. The van der Waals surface area contributed by atoms with Gasteiger partial charge in [-0.1, -0.05) is 5.92 Å². The molecule has 0 spiro atoms. The molecule has 0 saturated carbocycles. The summed E-state index contributed by atoms with van der Waals surface area (Å²) in [6.45, 7) is 8.25. The lowest BCUT2D eigenvalue weighted by molar-refractivity contribution is 0.0256. The molecule has 1 N–H and O–H groups in total. The van der Waals surface area contributed by atoms with Crippen LogP contribution in [-0.2, 0) is 4.74 Å². The Hall–Kier alpha value is -0.860. The van der Waals surface area contributed by atoms with E-state index in [1.165, 1.54) is 0 Å². The lowest BCUT2D eigenvalue weighted by Gasteiger charge is -2.26. The van der Waals surface area contributed by atoms with Crippen molar-refractivity contribution in [3.05, 3.63) is 0 Å². The van der Waals surface area contributed by atoms with Crippen molar-refractivity contribution in [1.82, 2.24) is 10.2 Å². The molecule has 1 rings (SSSR count). The van der Waals surface area contributed by atoms with Crippen LogP contribution in [0.4, 0.5) is 4.79 Å². The maximum absolute atomic E-state index is 12.1. The zero-order valence-electron chi connectivity index (χ0n) is 13.5. The van der Waals surface area contributed by atoms with E-state index in [1.54, 1.807) is 11.8 Å². The monoisotopic (exact) mass is 312 g/mol. The Balaban J connectivity index is 2.27. The van der Waals surface area contributed by atoms with Crippen LogP contribution in [0, 0.1) is 12.3 Å². The third kappa shape index (κ3) is 8.23. The molecule has 0 aromatic heterocycles. The van der Waals surface area contributed by atoms with E-state index in [9.17, 15) is 4.79 Å². The van der Waals surface area contributed by atoms with Crippen LogP contribution in [0.2, 0.25) is 0 Å². The molecule has 0 radical (unpaired) electrons. The van der Waals surface area contributed by atoms with Crippen LogP contribution in [-0.4, -0.2) is 53.8 Å². The predicted molar refractivity (Wildman–Crippen MR) is 89.6 cm³/mol. The molecule has 0 aromatic rings. The van der Waals surface area contributed by atoms with E-state index < -0.39 is 5.60 Å². The normalized spacial score (nSPS) is 19.7. The van der Waals surface area contributed by atoms with E-state index in [-0.39, 0.29) is 6.09 Å². The molecule has 5 heteroatoms. The molecule has 120 valence electrons. The number of amides is 1. The molecule has 0 bridgehead atoms. The Morgan fingerprint density at radius 1 is 1.43 bits per heavy atom. The van der Waals surface area contributed by atoms with Gasteiger partial charge in [0.2, 0.25) is 0 Å². The van der Waals surface area contributed by atoms with Crippen molar-refractivity contribution in [2.75, 3.05) is 31.1 Å². The van der Waals surface area contributed by atoms with Crippen molar-refractivity contribution in [1.29, 1.82) is 0 Å². The van der Waals surface area contributed by atoms with Gasteiger partial charge in [0, 0.05) is 31.4 Å². The quantitative estimate of drug-likeness (QED) is 0.626. The van der Waals surface area contributed by atoms with Gasteiger partial charge >= 0.3 is 6.09 Å². The molecule has 0 aromatic carbocycles. The minimum Gasteiger partial charge on any atom is -0.444 e. The van der Waals surface area contributed by atoms with Gasteiger partial charge in [0.1, 0.15) is 5.60 Å². The van der Waals surface area contributed by atoms with Crippen molar-refractivity contribution in [2.24, 2.45) is 0 Å². The Morgan fingerprint density at radius 3 is 2.86 bits per heavy atom. The maximum atomic E-state index is 12.1. The van der Waals surface area contributed by atoms with Crippen molar-refractivity contribution in [3.8, 4) is 12.3 Å². The highest BCUT2D eigenvalue weighted by atomic mass is 32.2. The standard InChI is InChI=1S/C16H28N2O2S/c1-5-12-21-13-9-17-14-7-6-10-18(11-8-14)15(19)20-16(2,3)4/h1,14,17H,6-13H2,2-4H3. The van der Waals surface area contributed by atoms with E-state index in [0.717, 1.165) is 50.4 Å². The molecule has 1 unspecified atom stereocenters. The van der Waals surface area contributed by atoms with Gasteiger partial charge in [0.15, 0.2) is 0 Å². The van der Waals surface area contributed by atoms with Crippen LogP contribution in [0.5, 0.6) is 0 Å². The van der Waals surface area contributed by atoms with Crippen LogP contribution in [0.1, 0.15) is 40.0 Å². The minimum atomic E-state index is -0.421. The fraction of sp³-hybridized carbons (Fsp3) is 0.812. The van der Waals surface area contributed by atoms with Gasteiger partial charge < -0.3 is 15.0 Å². The van der Waals surface area contributed by atoms with Gasteiger partial charge in [0.05, 0.1) is 5.75 Å². The molecule has 1 fully saturated rings. The first-order chi connectivity index (χ1) is 9.92. The zero-order valence-corrected chi connectivity index (χ0v) is 14.3. The second kappa shape index (κ2) is 9.22. The number of terminal acetylenes is 1. The molecule has 4 nitrogen and oxygen atoms in total. The molecular weight excluding hydrogens is 284 g/mol. The summed E-state index contributed by atoms with van der Waals surface area (Å²) in [5.41, 5.74) is -0.421. The smallest absolute Gasteiger partial charge is 0.410 e. The van der Waals surface area contributed by atoms with Gasteiger partial charge in [0.25, 0.3) is 0 Å². The molecular formula is C16H28N2O2S. The van der Waals surface area contributed by atoms with Crippen LogP contribution < -0.4 is 5.32 Å². The van der Waals surface area contributed by atoms with E-state index in [4.69, 9.17) is 11.2 Å². The average molecular weight is 312 g/mol. The Labute approximate surface area is 133 Å². The predicted octanol–water partition coefficient (Wildman–Crippen LogP) is 2.73. The number of rotatable bonds is 5. The highest BCUT2D eigenvalue weighted by Gasteiger charge is 2.24. The number of likely N-dealkylation sites (tertiary alicyclic amines) is 1. The van der Waals surface area contributed by atoms with Crippen molar-refractivity contribution < 1.29 is 9.53 Å². The number of carbonyl (C=O) groups is 1.